The molecule has 344 valence electrons. The first-order chi connectivity index (χ1) is 31.4. The van der Waals surface area contributed by atoms with Gasteiger partial charge in [-0.05, 0) is 113 Å². The van der Waals surface area contributed by atoms with E-state index in [2.05, 4.69) is 15.6 Å². The maximum atomic E-state index is 14.5. The number of carbonyl (C=O) groups excluding carboxylic acids is 2. The number of hydrogen-bond donors (Lipinski definition) is 1. The summed E-state index contributed by atoms with van der Waals surface area (Å²) in [6, 6.07) is 14.8. The molecule has 2 aliphatic carbocycles. The van der Waals surface area contributed by atoms with Crippen LogP contribution >= 0.6 is 0 Å². The summed E-state index contributed by atoms with van der Waals surface area (Å²) in [5, 5.41) is 11.0. The van der Waals surface area contributed by atoms with Gasteiger partial charge in [-0.25, -0.2) is 31.9 Å². The van der Waals surface area contributed by atoms with Crippen LogP contribution in [0.1, 0.15) is 128 Å². The van der Waals surface area contributed by atoms with Crippen LogP contribution in [0.5, 0.6) is 0 Å². The molecule has 66 heavy (non-hydrogen) atoms. The molecule has 4 atom stereocenters. The minimum Gasteiger partial charge on any atom is -0.361 e. The van der Waals surface area contributed by atoms with Gasteiger partial charge in [0.1, 0.15) is 29.0 Å². The zero-order chi connectivity index (χ0) is 46.4. The number of aromatic nitrogens is 6. The van der Waals surface area contributed by atoms with Crippen LogP contribution in [0.3, 0.4) is 0 Å². The van der Waals surface area contributed by atoms with Crippen LogP contribution in [0.15, 0.2) is 63.6 Å². The molecule has 4 aliphatic rings. The summed E-state index contributed by atoms with van der Waals surface area (Å²) in [5.41, 5.74) is 9.01. The van der Waals surface area contributed by atoms with Crippen molar-refractivity contribution in [1.29, 1.82) is 0 Å². The summed E-state index contributed by atoms with van der Waals surface area (Å²) in [7, 11) is 0. The van der Waals surface area contributed by atoms with E-state index in [9.17, 15) is 31.5 Å². The van der Waals surface area contributed by atoms with E-state index in [0.717, 1.165) is 56.0 Å². The number of benzene rings is 3. The van der Waals surface area contributed by atoms with Crippen LogP contribution in [0, 0.1) is 40.4 Å². The Morgan fingerprint density at radius 2 is 1.21 bits per heavy atom. The number of alkyl halides is 4. The molecule has 3 aromatic carbocycles. The molecule has 1 N–H and O–H groups in total. The number of halogens is 5. The van der Waals surface area contributed by atoms with Crippen molar-refractivity contribution in [2.45, 2.75) is 135 Å². The van der Waals surface area contributed by atoms with Gasteiger partial charge >= 0.3 is 0 Å². The van der Waals surface area contributed by atoms with Crippen molar-refractivity contribution >= 4 is 39.6 Å². The lowest BCUT2D eigenvalue weighted by atomic mass is 10.0. The molecule has 0 spiro atoms. The Bertz CT molecular complexity index is 3020. The fourth-order valence-corrected chi connectivity index (χ4v) is 10.7. The molecule has 12 nitrogen and oxygen atoms in total. The van der Waals surface area contributed by atoms with Crippen LogP contribution in [0.25, 0.3) is 44.3 Å². The van der Waals surface area contributed by atoms with E-state index < -0.39 is 29.7 Å². The standard InChI is InChI=1S/C28H27F3N4O2.C21H22F2N4O2/c1-15-4-6-19(13-21(15)29)34-24(8-9-25(34)36)27-32-22-12-18(26-16(2)33-37-17(26)3)5-7-23(22)35(27)20-10-11-28(30,31)14-20;1-11-19(12(2)29-26-11)13-3-5-17-16(9-13)25-20(15-4-6-18(28)24-15)27(17)14-7-8-21(22,23)10-14/h4-7,12-13,20,24H,8-11,14H2,1-3H3;3,5,9,14-15H,4,6-8,10H2,1-2H3,(H,24,28)/t20-,24+;14-,15+/m11/s1. The van der Waals surface area contributed by atoms with Crippen LogP contribution in [-0.4, -0.2) is 53.1 Å². The van der Waals surface area contributed by atoms with Gasteiger partial charge in [-0.3, -0.25) is 9.59 Å². The molecule has 7 aromatic rings. The topological polar surface area (TPSA) is 137 Å². The summed E-state index contributed by atoms with van der Waals surface area (Å²) < 4.78 is 85.6. The normalized spacial score (nSPS) is 22.5. The zero-order valence-electron chi connectivity index (χ0n) is 37.2. The van der Waals surface area contributed by atoms with Gasteiger partial charge in [0, 0.05) is 67.4 Å². The molecule has 2 amide bonds. The second-order valence-corrected chi connectivity index (χ2v) is 18.4. The third-order valence-corrected chi connectivity index (χ3v) is 13.8. The molecule has 6 heterocycles. The van der Waals surface area contributed by atoms with E-state index in [1.165, 1.54) is 6.07 Å². The van der Waals surface area contributed by atoms with Crippen molar-refractivity contribution in [2.24, 2.45) is 0 Å². The number of imidazole rings is 2. The lowest BCUT2D eigenvalue weighted by Crippen LogP contribution is -2.30. The Labute approximate surface area is 376 Å². The van der Waals surface area contributed by atoms with Crippen molar-refractivity contribution in [3.63, 3.8) is 0 Å². The van der Waals surface area contributed by atoms with Crippen molar-refractivity contribution in [1.82, 2.24) is 34.7 Å². The van der Waals surface area contributed by atoms with Crippen molar-refractivity contribution in [2.75, 3.05) is 4.90 Å². The Kier molecular flexibility index (Phi) is 10.7. The minimum absolute atomic E-state index is 0.0261. The van der Waals surface area contributed by atoms with E-state index in [1.807, 2.05) is 73.2 Å². The molecule has 4 aromatic heterocycles. The quantitative estimate of drug-likeness (QED) is 0.156. The van der Waals surface area contributed by atoms with Crippen LogP contribution in [-0.2, 0) is 9.59 Å². The van der Waals surface area contributed by atoms with Gasteiger partial charge < -0.3 is 28.4 Å². The summed E-state index contributed by atoms with van der Waals surface area (Å²) in [6.45, 7) is 9.11. The second-order valence-electron chi connectivity index (χ2n) is 18.4. The molecule has 0 radical (unpaired) electrons. The maximum Gasteiger partial charge on any atom is 0.250 e. The van der Waals surface area contributed by atoms with E-state index in [4.69, 9.17) is 19.0 Å². The number of rotatable bonds is 7. The molecule has 4 fully saturated rings. The second kappa shape index (κ2) is 16.2. The van der Waals surface area contributed by atoms with Gasteiger partial charge in [0.05, 0.1) is 45.5 Å². The van der Waals surface area contributed by atoms with Crippen LogP contribution < -0.4 is 10.2 Å². The van der Waals surface area contributed by atoms with E-state index in [-0.39, 0.29) is 56.0 Å². The molecule has 11 rings (SSSR count). The first-order valence-corrected chi connectivity index (χ1v) is 22.5. The fourth-order valence-electron chi connectivity index (χ4n) is 10.7. The first-order valence-electron chi connectivity index (χ1n) is 22.5. The predicted octanol–water partition coefficient (Wildman–Crippen LogP) is 11.6. The monoisotopic (exact) mass is 908 g/mol. The average Bonchev–Trinajstić information content (AvgIpc) is 4.15. The van der Waals surface area contributed by atoms with Crippen LogP contribution in [0.4, 0.5) is 27.6 Å². The SMILES string of the molecule is Cc1ccc(N2C(=O)CC[C@H]2c2nc3cc(-c4c(C)noc4C)ccc3n2[C@@H]2CCC(F)(F)C2)cc1F.Cc1noc(C)c1-c1ccc2c(c1)nc([C@@H]1CCC(=O)N1)n2[C@@H]1CCC(F)(F)C1. The smallest absolute Gasteiger partial charge is 0.250 e. The third-order valence-electron chi connectivity index (χ3n) is 13.8. The highest BCUT2D eigenvalue weighted by Crippen LogP contribution is 2.48. The van der Waals surface area contributed by atoms with Crippen LogP contribution in [0.2, 0.25) is 0 Å². The van der Waals surface area contributed by atoms with Gasteiger partial charge in [0.25, 0.3) is 0 Å². The van der Waals surface area contributed by atoms with Crippen molar-refractivity contribution in [3.05, 3.63) is 101 Å². The lowest BCUT2D eigenvalue weighted by molar-refractivity contribution is -0.119. The van der Waals surface area contributed by atoms with Gasteiger partial charge in [0.2, 0.25) is 23.7 Å². The van der Waals surface area contributed by atoms with Gasteiger partial charge in [-0.1, -0.05) is 28.5 Å². The molecular formula is C49H49F5N8O4. The van der Waals surface area contributed by atoms with E-state index in [1.54, 1.807) is 24.0 Å². The largest absolute Gasteiger partial charge is 0.361 e. The maximum absolute atomic E-state index is 14.5. The molecular weight excluding hydrogens is 860 g/mol. The van der Waals surface area contributed by atoms with Crippen molar-refractivity contribution in [3.8, 4) is 22.3 Å². The number of anilines is 1. The van der Waals surface area contributed by atoms with Crippen molar-refractivity contribution < 1.29 is 40.6 Å². The Morgan fingerprint density at radius 3 is 1.68 bits per heavy atom. The Balaban J connectivity index is 0.000000160. The summed E-state index contributed by atoms with van der Waals surface area (Å²) in [6.07, 6.45) is 1.73. The molecule has 2 saturated carbocycles. The number of nitrogens with one attached hydrogen (secondary N) is 1. The number of carbonyl (C=O) groups is 2. The predicted molar refractivity (Wildman–Crippen MR) is 236 cm³/mol. The number of hydrogen-bond acceptors (Lipinski definition) is 8. The molecule has 17 heteroatoms. The van der Waals surface area contributed by atoms with E-state index >= 15 is 0 Å². The highest BCUT2D eigenvalue weighted by molar-refractivity contribution is 5.96. The average molecular weight is 909 g/mol. The highest BCUT2D eigenvalue weighted by atomic mass is 19.3. The number of amides is 2. The highest BCUT2D eigenvalue weighted by Gasteiger charge is 2.45. The molecule has 2 saturated heterocycles. The molecule has 0 bridgehead atoms. The van der Waals surface area contributed by atoms with Gasteiger partial charge in [0.15, 0.2) is 0 Å². The lowest BCUT2D eigenvalue weighted by Gasteiger charge is -2.27. The number of aryl methyl sites for hydroxylation is 5. The Hall–Kier alpha value is -6.39. The summed E-state index contributed by atoms with van der Waals surface area (Å²) in [4.78, 5) is 36.1. The molecule has 0 unspecified atom stereocenters. The summed E-state index contributed by atoms with van der Waals surface area (Å²) in [5.74, 6) is -3.34. The zero-order valence-corrected chi connectivity index (χ0v) is 37.2. The van der Waals surface area contributed by atoms with Gasteiger partial charge in [-0.2, -0.15) is 0 Å². The Morgan fingerprint density at radius 1 is 0.667 bits per heavy atom. The number of fused-ring (bicyclic) bond motifs is 2. The van der Waals surface area contributed by atoms with E-state index in [0.29, 0.717) is 66.3 Å². The first kappa shape index (κ1) is 43.5. The fraction of sp³-hybridized carbons (Fsp3) is 0.429. The van der Waals surface area contributed by atoms with Gasteiger partial charge in [-0.15, -0.1) is 0 Å². The third kappa shape index (κ3) is 7.72. The molecule has 2 aliphatic heterocycles. The number of nitrogens with zero attached hydrogens (tertiary/aromatic N) is 7. The minimum atomic E-state index is -2.75. The summed E-state index contributed by atoms with van der Waals surface area (Å²) >= 11 is 0.